The van der Waals surface area contributed by atoms with E-state index in [1.54, 1.807) is 0 Å². The number of nitrogens with one attached hydrogen (secondary N) is 1. The Labute approximate surface area is 86.8 Å². The standard InChI is InChI=1S/C11H22N2O/c1-9-5-10(6-9)13(2)8-11-7-12-3-4-14-11/h9-12H,3-8H2,1-2H3. The van der Waals surface area contributed by atoms with Gasteiger partial charge in [0.15, 0.2) is 0 Å². The van der Waals surface area contributed by atoms with Crippen LogP contribution in [0.5, 0.6) is 0 Å². The molecule has 0 amide bonds. The summed E-state index contributed by atoms with van der Waals surface area (Å²) in [7, 11) is 2.23. The molecule has 1 aliphatic heterocycles. The van der Waals surface area contributed by atoms with E-state index in [2.05, 4.69) is 24.2 Å². The SMILES string of the molecule is CC1CC(N(C)CC2CNCCO2)C1. The molecule has 2 fully saturated rings. The zero-order valence-corrected chi connectivity index (χ0v) is 9.33. The predicted molar refractivity (Wildman–Crippen MR) is 57.4 cm³/mol. The van der Waals surface area contributed by atoms with Crippen LogP contribution in [0.3, 0.4) is 0 Å². The third-order valence-electron chi connectivity index (χ3n) is 3.47. The van der Waals surface area contributed by atoms with E-state index in [1.165, 1.54) is 12.8 Å². The van der Waals surface area contributed by atoms with Crippen LogP contribution >= 0.6 is 0 Å². The van der Waals surface area contributed by atoms with Gasteiger partial charge in [-0.15, -0.1) is 0 Å². The number of rotatable bonds is 3. The molecule has 1 heterocycles. The number of morpholine rings is 1. The van der Waals surface area contributed by atoms with E-state index in [4.69, 9.17) is 4.74 Å². The number of nitrogens with zero attached hydrogens (tertiary/aromatic N) is 1. The van der Waals surface area contributed by atoms with Gasteiger partial charge in [0.05, 0.1) is 12.7 Å². The number of hydrogen-bond acceptors (Lipinski definition) is 3. The van der Waals surface area contributed by atoms with Crippen LogP contribution in [0, 0.1) is 5.92 Å². The molecule has 1 saturated carbocycles. The Bertz CT molecular complexity index is 174. The first-order valence-electron chi connectivity index (χ1n) is 5.78. The summed E-state index contributed by atoms with van der Waals surface area (Å²) in [5.41, 5.74) is 0. The molecule has 82 valence electrons. The molecule has 2 aliphatic rings. The summed E-state index contributed by atoms with van der Waals surface area (Å²) in [5.74, 6) is 0.938. The van der Waals surface area contributed by atoms with Crippen LogP contribution in [0.25, 0.3) is 0 Å². The van der Waals surface area contributed by atoms with Crippen LogP contribution in [-0.2, 0) is 4.74 Å². The first-order valence-corrected chi connectivity index (χ1v) is 5.78. The quantitative estimate of drug-likeness (QED) is 0.722. The molecule has 3 nitrogen and oxygen atoms in total. The third-order valence-corrected chi connectivity index (χ3v) is 3.47. The van der Waals surface area contributed by atoms with Crippen LogP contribution in [0.4, 0.5) is 0 Å². The number of hydrogen-bond donors (Lipinski definition) is 1. The summed E-state index contributed by atoms with van der Waals surface area (Å²) in [6.07, 6.45) is 3.15. The van der Waals surface area contributed by atoms with E-state index in [1.807, 2.05) is 0 Å². The van der Waals surface area contributed by atoms with Gasteiger partial charge in [-0.25, -0.2) is 0 Å². The first kappa shape index (κ1) is 10.4. The Hall–Kier alpha value is -0.120. The molecule has 0 aromatic carbocycles. The second-order valence-electron chi connectivity index (χ2n) is 4.87. The van der Waals surface area contributed by atoms with E-state index in [0.29, 0.717) is 6.10 Å². The monoisotopic (exact) mass is 198 g/mol. The molecule has 2 rings (SSSR count). The fourth-order valence-electron chi connectivity index (χ4n) is 2.43. The molecule has 1 saturated heterocycles. The van der Waals surface area contributed by atoms with Crippen LogP contribution in [-0.4, -0.2) is 50.3 Å². The average molecular weight is 198 g/mol. The van der Waals surface area contributed by atoms with Gasteiger partial charge in [-0.3, -0.25) is 0 Å². The fourth-order valence-corrected chi connectivity index (χ4v) is 2.43. The summed E-state index contributed by atoms with van der Waals surface area (Å²) in [5, 5.41) is 3.37. The van der Waals surface area contributed by atoms with Gasteiger partial charge in [0, 0.05) is 25.7 Å². The van der Waals surface area contributed by atoms with Crippen LogP contribution in [0.15, 0.2) is 0 Å². The third kappa shape index (κ3) is 2.47. The van der Waals surface area contributed by atoms with Crippen molar-refractivity contribution in [2.24, 2.45) is 5.92 Å². The van der Waals surface area contributed by atoms with Crippen LogP contribution in [0.2, 0.25) is 0 Å². The summed E-state index contributed by atoms with van der Waals surface area (Å²) in [4.78, 5) is 2.47. The van der Waals surface area contributed by atoms with Gasteiger partial charge < -0.3 is 15.0 Å². The maximum atomic E-state index is 5.69. The topological polar surface area (TPSA) is 24.5 Å². The van der Waals surface area contributed by atoms with Crippen molar-refractivity contribution in [1.82, 2.24) is 10.2 Å². The average Bonchev–Trinajstić information content (AvgIpc) is 2.14. The highest BCUT2D eigenvalue weighted by atomic mass is 16.5. The number of ether oxygens (including phenoxy) is 1. The minimum absolute atomic E-state index is 0.407. The highest BCUT2D eigenvalue weighted by Crippen LogP contribution is 2.30. The lowest BCUT2D eigenvalue weighted by Crippen LogP contribution is -2.49. The van der Waals surface area contributed by atoms with E-state index < -0.39 is 0 Å². The smallest absolute Gasteiger partial charge is 0.0826 e. The van der Waals surface area contributed by atoms with E-state index in [9.17, 15) is 0 Å². The predicted octanol–water partition coefficient (Wildman–Crippen LogP) is 0.705. The zero-order chi connectivity index (χ0) is 9.97. The molecule has 1 atom stereocenters. The molecule has 1 N–H and O–H groups in total. The van der Waals surface area contributed by atoms with Crippen LogP contribution < -0.4 is 5.32 Å². The summed E-state index contributed by atoms with van der Waals surface area (Å²) >= 11 is 0. The lowest BCUT2D eigenvalue weighted by atomic mass is 9.81. The minimum Gasteiger partial charge on any atom is -0.374 e. The molecule has 0 aromatic heterocycles. The van der Waals surface area contributed by atoms with Crippen molar-refractivity contribution < 1.29 is 4.74 Å². The molecular weight excluding hydrogens is 176 g/mol. The summed E-state index contributed by atoms with van der Waals surface area (Å²) < 4.78 is 5.69. The molecule has 1 unspecified atom stereocenters. The van der Waals surface area contributed by atoms with Gasteiger partial charge in [0.25, 0.3) is 0 Å². The first-order chi connectivity index (χ1) is 6.75. The fraction of sp³-hybridized carbons (Fsp3) is 1.00. The van der Waals surface area contributed by atoms with Crippen molar-refractivity contribution in [3.8, 4) is 0 Å². The van der Waals surface area contributed by atoms with Gasteiger partial charge >= 0.3 is 0 Å². The molecule has 1 aliphatic carbocycles. The molecule has 14 heavy (non-hydrogen) atoms. The highest BCUT2D eigenvalue weighted by Gasteiger charge is 2.30. The molecule has 0 radical (unpaired) electrons. The Morgan fingerprint density at radius 2 is 2.21 bits per heavy atom. The van der Waals surface area contributed by atoms with Crippen LogP contribution in [0.1, 0.15) is 19.8 Å². The number of likely N-dealkylation sites (N-methyl/N-ethyl adjacent to an activating group) is 1. The Morgan fingerprint density at radius 1 is 1.43 bits per heavy atom. The molecular formula is C11H22N2O. The van der Waals surface area contributed by atoms with E-state index >= 15 is 0 Å². The van der Waals surface area contributed by atoms with Gasteiger partial charge in [-0.1, -0.05) is 6.92 Å². The maximum absolute atomic E-state index is 5.69. The second kappa shape index (κ2) is 4.60. The molecule has 0 bridgehead atoms. The van der Waals surface area contributed by atoms with Crippen molar-refractivity contribution in [1.29, 1.82) is 0 Å². The largest absolute Gasteiger partial charge is 0.374 e. The van der Waals surface area contributed by atoms with Gasteiger partial charge in [-0.2, -0.15) is 0 Å². The Morgan fingerprint density at radius 3 is 2.79 bits per heavy atom. The van der Waals surface area contributed by atoms with Gasteiger partial charge in [0.2, 0.25) is 0 Å². The Balaban J connectivity index is 1.68. The molecule has 0 aromatic rings. The summed E-state index contributed by atoms with van der Waals surface area (Å²) in [6, 6.07) is 0.815. The van der Waals surface area contributed by atoms with Crippen molar-refractivity contribution in [2.75, 3.05) is 33.3 Å². The van der Waals surface area contributed by atoms with Crippen molar-refractivity contribution in [3.05, 3.63) is 0 Å². The van der Waals surface area contributed by atoms with Gasteiger partial charge in [-0.05, 0) is 25.8 Å². The van der Waals surface area contributed by atoms with E-state index in [0.717, 1.165) is 38.2 Å². The normalized spacial score (nSPS) is 38.4. The van der Waals surface area contributed by atoms with E-state index in [-0.39, 0.29) is 0 Å². The second-order valence-corrected chi connectivity index (χ2v) is 4.87. The molecule has 0 spiro atoms. The molecule has 3 heteroatoms. The summed E-state index contributed by atoms with van der Waals surface area (Å²) in [6.45, 7) is 6.33. The minimum atomic E-state index is 0.407. The maximum Gasteiger partial charge on any atom is 0.0826 e. The van der Waals surface area contributed by atoms with Crippen molar-refractivity contribution in [3.63, 3.8) is 0 Å². The van der Waals surface area contributed by atoms with Gasteiger partial charge in [0.1, 0.15) is 0 Å². The lowest BCUT2D eigenvalue weighted by molar-refractivity contribution is -0.0105. The lowest BCUT2D eigenvalue weighted by Gasteiger charge is -2.41. The highest BCUT2D eigenvalue weighted by molar-refractivity contribution is 4.85. The van der Waals surface area contributed by atoms with Crippen molar-refractivity contribution in [2.45, 2.75) is 31.9 Å². The van der Waals surface area contributed by atoms with Crippen molar-refractivity contribution >= 4 is 0 Å². The zero-order valence-electron chi connectivity index (χ0n) is 9.33. The Kier molecular flexibility index (Phi) is 3.42.